The summed E-state index contributed by atoms with van der Waals surface area (Å²) in [6, 6.07) is 6.95. The third-order valence-corrected chi connectivity index (χ3v) is 3.85. The van der Waals surface area contributed by atoms with Crippen LogP contribution in [0.15, 0.2) is 34.2 Å². The Morgan fingerprint density at radius 3 is 2.53 bits per heavy atom. The van der Waals surface area contributed by atoms with Crippen molar-refractivity contribution in [3.8, 4) is 0 Å². The molecule has 1 aliphatic heterocycles. The fourth-order valence-electron chi connectivity index (χ4n) is 1.74. The van der Waals surface area contributed by atoms with Crippen LogP contribution in [0.3, 0.4) is 0 Å². The molecule has 1 aromatic carbocycles. The molecule has 5 heteroatoms. The SMILES string of the molecule is CS(=O)(=O)c1ccc(CNC2=NCCC2)cc1. The van der Waals surface area contributed by atoms with Gasteiger partial charge in [0.2, 0.25) is 0 Å². The average Bonchev–Trinajstić information content (AvgIpc) is 2.78. The highest BCUT2D eigenvalue weighted by Gasteiger charge is 2.07. The molecule has 17 heavy (non-hydrogen) atoms. The second-order valence-electron chi connectivity index (χ2n) is 4.20. The van der Waals surface area contributed by atoms with Gasteiger partial charge < -0.3 is 5.32 Å². The summed E-state index contributed by atoms with van der Waals surface area (Å²) in [5, 5.41) is 3.26. The van der Waals surface area contributed by atoms with Crippen molar-refractivity contribution in [1.29, 1.82) is 0 Å². The predicted octanol–water partition coefficient (Wildman–Crippen LogP) is 1.37. The van der Waals surface area contributed by atoms with Crippen molar-refractivity contribution >= 4 is 15.7 Å². The van der Waals surface area contributed by atoms with Gasteiger partial charge in [0.25, 0.3) is 0 Å². The highest BCUT2D eigenvalue weighted by molar-refractivity contribution is 7.90. The summed E-state index contributed by atoms with van der Waals surface area (Å²) in [6.45, 7) is 1.61. The van der Waals surface area contributed by atoms with E-state index < -0.39 is 9.84 Å². The van der Waals surface area contributed by atoms with E-state index in [1.165, 1.54) is 6.26 Å². The van der Waals surface area contributed by atoms with Gasteiger partial charge in [0, 0.05) is 25.8 Å². The molecule has 1 heterocycles. The molecule has 0 unspecified atom stereocenters. The quantitative estimate of drug-likeness (QED) is 0.884. The Labute approximate surface area is 102 Å². The first-order valence-electron chi connectivity index (χ1n) is 5.62. The van der Waals surface area contributed by atoms with Crippen LogP contribution < -0.4 is 5.32 Å². The molecular weight excluding hydrogens is 236 g/mol. The molecule has 0 aliphatic carbocycles. The molecule has 4 nitrogen and oxygen atoms in total. The van der Waals surface area contributed by atoms with Crippen LogP contribution in [0.2, 0.25) is 0 Å². The molecule has 1 N–H and O–H groups in total. The smallest absolute Gasteiger partial charge is 0.175 e. The zero-order chi connectivity index (χ0) is 12.3. The molecule has 0 saturated carbocycles. The molecule has 0 aromatic heterocycles. The van der Waals surface area contributed by atoms with Crippen LogP contribution >= 0.6 is 0 Å². The topological polar surface area (TPSA) is 58.5 Å². The Morgan fingerprint density at radius 1 is 1.29 bits per heavy atom. The van der Waals surface area contributed by atoms with Crippen molar-refractivity contribution in [3.63, 3.8) is 0 Å². The fourth-order valence-corrected chi connectivity index (χ4v) is 2.37. The van der Waals surface area contributed by atoms with Crippen molar-refractivity contribution in [2.45, 2.75) is 24.3 Å². The third-order valence-electron chi connectivity index (χ3n) is 2.72. The second kappa shape index (κ2) is 4.87. The molecule has 1 aromatic rings. The van der Waals surface area contributed by atoms with Gasteiger partial charge in [0.15, 0.2) is 9.84 Å². The minimum Gasteiger partial charge on any atom is -0.370 e. The Bertz CT molecular complexity index is 518. The largest absolute Gasteiger partial charge is 0.370 e. The van der Waals surface area contributed by atoms with E-state index in [4.69, 9.17) is 0 Å². The second-order valence-corrected chi connectivity index (χ2v) is 6.22. The Balaban J connectivity index is 1.98. The van der Waals surface area contributed by atoms with Gasteiger partial charge in [-0.15, -0.1) is 0 Å². The van der Waals surface area contributed by atoms with Crippen LogP contribution in [0.25, 0.3) is 0 Å². The van der Waals surface area contributed by atoms with E-state index in [2.05, 4.69) is 10.3 Å². The zero-order valence-electron chi connectivity index (χ0n) is 9.81. The molecule has 92 valence electrons. The van der Waals surface area contributed by atoms with Gasteiger partial charge in [-0.25, -0.2) is 8.42 Å². The van der Waals surface area contributed by atoms with Gasteiger partial charge in [-0.3, -0.25) is 4.99 Å². The lowest BCUT2D eigenvalue weighted by Gasteiger charge is -2.06. The number of amidine groups is 1. The monoisotopic (exact) mass is 252 g/mol. The summed E-state index contributed by atoms with van der Waals surface area (Å²) < 4.78 is 22.6. The van der Waals surface area contributed by atoms with Crippen LogP contribution in [0.5, 0.6) is 0 Å². The first-order chi connectivity index (χ1) is 8.05. The first kappa shape index (κ1) is 12.1. The number of sulfone groups is 1. The lowest BCUT2D eigenvalue weighted by molar-refractivity contribution is 0.602. The summed E-state index contributed by atoms with van der Waals surface area (Å²) in [7, 11) is -3.09. The van der Waals surface area contributed by atoms with Gasteiger partial charge in [-0.1, -0.05) is 12.1 Å². The molecule has 0 spiro atoms. The summed E-state index contributed by atoms with van der Waals surface area (Å²) >= 11 is 0. The number of nitrogens with zero attached hydrogens (tertiary/aromatic N) is 1. The number of rotatable bonds is 3. The average molecular weight is 252 g/mol. The molecule has 0 radical (unpaired) electrons. The normalized spacial score (nSPS) is 15.7. The van der Waals surface area contributed by atoms with Crippen LogP contribution in [0.4, 0.5) is 0 Å². The molecule has 0 amide bonds. The Kier molecular flexibility index (Phi) is 3.47. The zero-order valence-corrected chi connectivity index (χ0v) is 10.6. The number of benzene rings is 1. The van der Waals surface area contributed by atoms with E-state index >= 15 is 0 Å². The minimum atomic E-state index is -3.09. The van der Waals surface area contributed by atoms with Crippen molar-refractivity contribution in [2.75, 3.05) is 12.8 Å². The van der Waals surface area contributed by atoms with Crippen molar-refractivity contribution < 1.29 is 8.42 Å². The van der Waals surface area contributed by atoms with Crippen molar-refractivity contribution in [2.24, 2.45) is 4.99 Å². The van der Waals surface area contributed by atoms with Crippen molar-refractivity contribution in [1.82, 2.24) is 5.32 Å². The fraction of sp³-hybridized carbons (Fsp3) is 0.417. The summed E-state index contributed by atoms with van der Waals surface area (Å²) in [5.74, 6) is 1.05. The number of hydrogen-bond acceptors (Lipinski definition) is 4. The van der Waals surface area contributed by atoms with Gasteiger partial charge >= 0.3 is 0 Å². The summed E-state index contributed by atoms with van der Waals surface area (Å²) in [5.41, 5.74) is 1.06. The summed E-state index contributed by atoms with van der Waals surface area (Å²) in [4.78, 5) is 4.68. The third kappa shape index (κ3) is 3.30. The standard InChI is InChI=1S/C12H16N2O2S/c1-17(15,16)11-6-4-10(5-7-11)9-14-12-3-2-8-13-12/h4-7H,2-3,8-9H2,1H3,(H,13,14). The van der Waals surface area contributed by atoms with Crippen LogP contribution in [0, 0.1) is 0 Å². The highest BCUT2D eigenvalue weighted by Crippen LogP contribution is 2.10. The minimum absolute atomic E-state index is 0.361. The van der Waals surface area contributed by atoms with E-state index in [1.807, 2.05) is 12.1 Å². The van der Waals surface area contributed by atoms with E-state index in [0.717, 1.165) is 30.8 Å². The Morgan fingerprint density at radius 2 is 2.00 bits per heavy atom. The molecule has 0 fully saturated rings. The summed E-state index contributed by atoms with van der Waals surface area (Å²) in [6.07, 6.45) is 3.35. The Hall–Kier alpha value is -1.36. The van der Waals surface area contributed by atoms with Crippen molar-refractivity contribution in [3.05, 3.63) is 29.8 Å². The van der Waals surface area contributed by atoms with Gasteiger partial charge in [0.05, 0.1) is 10.7 Å². The molecular formula is C12H16N2O2S. The molecule has 0 saturated heterocycles. The van der Waals surface area contributed by atoms with Crippen LogP contribution in [-0.2, 0) is 16.4 Å². The van der Waals surface area contributed by atoms with Crippen LogP contribution in [-0.4, -0.2) is 27.1 Å². The molecule has 0 bridgehead atoms. The lowest BCUT2D eigenvalue weighted by atomic mass is 10.2. The van der Waals surface area contributed by atoms with Gasteiger partial charge in [0.1, 0.15) is 0 Å². The highest BCUT2D eigenvalue weighted by atomic mass is 32.2. The maximum absolute atomic E-state index is 11.3. The maximum Gasteiger partial charge on any atom is 0.175 e. The first-order valence-corrected chi connectivity index (χ1v) is 7.51. The van der Waals surface area contributed by atoms with Gasteiger partial charge in [-0.2, -0.15) is 0 Å². The predicted molar refractivity (Wildman–Crippen MR) is 67.9 cm³/mol. The maximum atomic E-state index is 11.3. The van der Waals surface area contributed by atoms with Crippen LogP contribution in [0.1, 0.15) is 18.4 Å². The number of aliphatic imine (C=N–C) groups is 1. The molecule has 1 aliphatic rings. The molecule has 0 atom stereocenters. The van der Waals surface area contributed by atoms with E-state index in [0.29, 0.717) is 11.4 Å². The van der Waals surface area contributed by atoms with E-state index in [-0.39, 0.29) is 0 Å². The van der Waals surface area contributed by atoms with E-state index in [9.17, 15) is 8.42 Å². The number of nitrogens with one attached hydrogen (secondary N) is 1. The lowest BCUT2D eigenvalue weighted by Crippen LogP contribution is -2.20. The molecule has 2 rings (SSSR count). The van der Waals surface area contributed by atoms with Gasteiger partial charge in [-0.05, 0) is 24.1 Å². The number of hydrogen-bond donors (Lipinski definition) is 1. The van der Waals surface area contributed by atoms with E-state index in [1.54, 1.807) is 12.1 Å².